The maximum absolute atomic E-state index is 11.3. The Morgan fingerprint density at radius 2 is 0.674 bits per heavy atom. The first-order valence-corrected chi connectivity index (χ1v) is 44.3. The lowest BCUT2D eigenvalue weighted by Gasteiger charge is -2.57. The molecule has 92 heavy (non-hydrogen) atoms. The molecule has 2 saturated carbocycles. The van der Waals surface area contributed by atoms with Crippen molar-refractivity contribution in [1.29, 1.82) is 0 Å². The van der Waals surface area contributed by atoms with E-state index < -0.39 is 60.1 Å². The van der Waals surface area contributed by atoms with Crippen LogP contribution in [0.25, 0.3) is 0 Å². The van der Waals surface area contributed by atoms with Gasteiger partial charge in [0.05, 0.1) is 55.0 Å². The summed E-state index contributed by atoms with van der Waals surface area (Å²) in [4.78, 5) is 7.54. The van der Waals surface area contributed by atoms with Crippen molar-refractivity contribution in [2.24, 2.45) is 5.41 Å². The maximum Gasteiger partial charge on any atom is 0.338 e. The number of morpholine rings is 2. The largest absolute Gasteiger partial charge is 0.379 e. The third-order valence-electron chi connectivity index (χ3n) is 18.5. The highest BCUT2D eigenvalue weighted by molar-refractivity contribution is 7.99. The molecule has 0 bridgehead atoms. The van der Waals surface area contributed by atoms with Gasteiger partial charge in [-0.05, 0) is 207 Å². The topological polar surface area (TPSA) is 245 Å². The molecule has 2 aliphatic carbocycles. The highest BCUT2D eigenvalue weighted by Crippen LogP contribution is 2.48. The third-order valence-corrected chi connectivity index (χ3v) is 30.9. The van der Waals surface area contributed by atoms with Gasteiger partial charge in [-0.3, -0.25) is 23.1 Å². The van der Waals surface area contributed by atoms with Crippen molar-refractivity contribution in [2.45, 2.75) is 262 Å². The fourth-order valence-electron chi connectivity index (χ4n) is 12.4. The fourth-order valence-corrected chi connectivity index (χ4v) is 22.5. The Balaban J connectivity index is 0.000000270. The van der Waals surface area contributed by atoms with Gasteiger partial charge in [0.2, 0.25) is 40.1 Å². The van der Waals surface area contributed by atoms with Gasteiger partial charge in [0.25, 0.3) is 0 Å². The number of hydrogen-bond acceptors (Lipinski definition) is 17. The lowest BCUT2D eigenvalue weighted by atomic mass is 9.63. The van der Waals surface area contributed by atoms with Gasteiger partial charge in [-0.25, -0.2) is 38.0 Å². The summed E-state index contributed by atoms with van der Waals surface area (Å²) in [6, 6.07) is 3.07. The Hall–Kier alpha value is -0.710. The first kappa shape index (κ1) is 85.5. The minimum Gasteiger partial charge on any atom is -0.379 e. The molecule has 0 aromatic rings. The molecular formula is C63H131N9O14S6. The summed E-state index contributed by atoms with van der Waals surface area (Å²) < 4.78 is 148. The van der Waals surface area contributed by atoms with E-state index in [0.29, 0.717) is 86.1 Å². The van der Waals surface area contributed by atoms with E-state index in [-0.39, 0.29) is 30.2 Å². The van der Waals surface area contributed by atoms with Gasteiger partial charge < -0.3 is 9.47 Å². The molecule has 548 valence electrons. The predicted octanol–water partition coefficient (Wildman–Crippen LogP) is 7.07. The van der Waals surface area contributed by atoms with Gasteiger partial charge in [-0.2, -0.15) is 29.9 Å². The Bertz CT molecular complexity index is 2670. The van der Waals surface area contributed by atoms with Crippen molar-refractivity contribution >= 4 is 66.0 Å². The summed E-state index contributed by atoms with van der Waals surface area (Å²) >= 11 is 0. The van der Waals surface area contributed by atoms with E-state index in [9.17, 15) is 46.3 Å². The Labute approximate surface area is 563 Å². The monoisotopic (exact) mass is 1430 g/mol. The van der Waals surface area contributed by atoms with Crippen LogP contribution in [0.2, 0.25) is 0 Å². The zero-order valence-corrected chi connectivity index (χ0v) is 65.3. The number of ether oxygens (including phenoxy) is 2. The van der Waals surface area contributed by atoms with Gasteiger partial charge >= 0.3 is 10.3 Å². The van der Waals surface area contributed by atoms with Crippen molar-refractivity contribution < 1.29 is 60.0 Å². The molecule has 9 heterocycles. The van der Waals surface area contributed by atoms with Crippen LogP contribution in [0.4, 0.5) is 0 Å². The van der Waals surface area contributed by atoms with Crippen molar-refractivity contribution in [3.63, 3.8) is 0 Å². The van der Waals surface area contributed by atoms with Crippen molar-refractivity contribution in [1.82, 2.24) is 40.5 Å². The lowest BCUT2D eigenvalue weighted by molar-refractivity contribution is -0.0758. The average molecular weight is 1430 g/mol. The van der Waals surface area contributed by atoms with E-state index in [4.69, 9.17) is 9.47 Å². The number of nitrogens with zero attached hydrogens (tertiary/aromatic N) is 9. The van der Waals surface area contributed by atoms with E-state index in [1.54, 1.807) is 17.2 Å². The second kappa shape index (κ2) is 38.2. The summed E-state index contributed by atoms with van der Waals surface area (Å²) in [6.07, 6.45) is 13.4. The molecule has 0 radical (unpaired) electrons. The number of likely N-dealkylation sites (tertiary alicyclic amines) is 1. The molecule has 9 saturated heterocycles. The van der Waals surface area contributed by atoms with Crippen LogP contribution < -0.4 is 0 Å². The van der Waals surface area contributed by atoms with Crippen LogP contribution in [-0.4, -0.2) is 286 Å². The summed E-state index contributed by atoms with van der Waals surface area (Å²) in [5.74, 6) is 5.77. The lowest BCUT2D eigenvalue weighted by Crippen LogP contribution is -2.61. The van der Waals surface area contributed by atoms with Crippen LogP contribution in [0.3, 0.4) is 0 Å². The van der Waals surface area contributed by atoms with Crippen LogP contribution in [0.1, 0.15) is 202 Å². The van der Waals surface area contributed by atoms with Crippen LogP contribution in [0, 0.1) is 5.41 Å². The van der Waals surface area contributed by atoms with Crippen LogP contribution in [0.15, 0.2) is 0 Å². The highest BCUT2D eigenvalue weighted by Gasteiger charge is 2.48. The maximum atomic E-state index is 11.3. The summed E-state index contributed by atoms with van der Waals surface area (Å²) in [5.41, 5.74) is 1.13. The number of hydrogen-bond donors (Lipinski definition) is 0. The van der Waals surface area contributed by atoms with Gasteiger partial charge in [0.15, 0.2) is 0 Å². The standard InChI is InChI=1S/C9H17NO.C9H17N.3C7H15NO2S.C7H15NO.C6H13NO2S.C6H13NOS.C5H11NO3S/c1-8(2)10-5-6-11-9(7-10)3-4-9;1-8(2)10-6-9(7-10)4-3-5-9;3*1-7(2)8-5-3-4-6-11(8,9)10;1-7(2)8-3-5-9-6-4-8;1-6(2)7-4-3-5-10(7,8)9;1-6(2)7-4-5-9(7,3)8;1-5(2)6-3-4-9-10(6,7)8/h8H,3-7H2,1-2H3;8H,3-7H2,1-2H3;3*7H,3-6H2,1-2H3;7H,3-6H2,1-2H3;6H,3-5H2,1-2H3;6H,3-5H2,1-2H3;5H,3-4H2,1-2H3. The molecule has 0 aromatic heterocycles. The normalized spacial score (nSPS) is 27.6. The van der Waals surface area contributed by atoms with Crippen LogP contribution in [0.5, 0.6) is 0 Å². The average Bonchev–Trinajstić information content (AvgIpc) is 0.804. The van der Waals surface area contributed by atoms with Crippen LogP contribution in [-0.2, 0) is 73.8 Å². The zero-order valence-electron chi connectivity index (χ0n) is 60.4. The molecule has 2 spiro atoms. The molecular weight excluding hydrogens is 1300 g/mol. The highest BCUT2D eigenvalue weighted by atomic mass is 32.2. The second-order valence-corrected chi connectivity index (χ2v) is 41.1. The van der Waals surface area contributed by atoms with E-state index in [1.807, 2.05) is 87.4 Å². The van der Waals surface area contributed by atoms with E-state index in [1.165, 1.54) is 56.0 Å². The fraction of sp³-hybridized carbons (Fsp3) is 0.984. The molecule has 11 rings (SSSR count). The number of sulfonamides is 4. The van der Waals surface area contributed by atoms with Crippen molar-refractivity contribution in [3.05, 3.63) is 0 Å². The van der Waals surface area contributed by atoms with Crippen LogP contribution >= 0.6 is 0 Å². The molecule has 11 aliphatic rings. The first-order chi connectivity index (χ1) is 42.5. The quantitative estimate of drug-likeness (QED) is 0.209. The molecule has 23 nitrogen and oxygen atoms in total. The third kappa shape index (κ3) is 27.8. The van der Waals surface area contributed by atoms with E-state index >= 15 is 0 Å². The minimum absolute atomic E-state index is 0.00694. The van der Waals surface area contributed by atoms with Gasteiger partial charge in [0, 0.05) is 148 Å². The molecule has 0 N–H and O–H groups in total. The molecule has 9 aliphatic heterocycles. The van der Waals surface area contributed by atoms with Gasteiger partial charge in [-0.15, -0.1) is 0 Å². The second-order valence-electron chi connectivity index (χ2n) is 28.9. The minimum atomic E-state index is -3.35. The van der Waals surface area contributed by atoms with Crippen molar-refractivity contribution in [2.75, 3.05) is 134 Å². The Kier molecular flexibility index (Phi) is 35.5. The predicted molar refractivity (Wildman–Crippen MR) is 379 cm³/mol. The first-order valence-electron chi connectivity index (χ1n) is 34.7. The van der Waals surface area contributed by atoms with Crippen molar-refractivity contribution in [3.8, 4) is 0 Å². The Morgan fingerprint density at radius 1 is 0.315 bits per heavy atom. The summed E-state index contributed by atoms with van der Waals surface area (Å²) in [5, 5.41) is 0. The molecule has 29 heteroatoms. The smallest absolute Gasteiger partial charge is 0.338 e. The molecule has 1 atom stereocenters. The van der Waals surface area contributed by atoms with Gasteiger partial charge in [0.1, 0.15) is 0 Å². The summed E-state index contributed by atoms with van der Waals surface area (Å²) in [7, 11) is -16.7. The van der Waals surface area contributed by atoms with Gasteiger partial charge in [-0.1, -0.05) is 6.42 Å². The van der Waals surface area contributed by atoms with E-state index in [2.05, 4.69) is 66.3 Å². The zero-order chi connectivity index (χ0) is 69.8. The molecule has 11 fully saturated rings. The summed E-state index contributed by atoms with van der Waals surface area (Å²) in [6.45, 7) is 51.3. The Morgan fingerprint density at radius 3 is 0.880 bits per heavy atom. The molecule has 0 aromatic carbocycles. The van der Waals surface area contributed by atoms with E-state index in [0.717, 1.165) is 108 Å². The SMILES string of the molecule is C=S1(=O)CCN1C(C)C.CC(C)N1CC2(CCC2)C1.CC(C)N1CCCCS1(=O)=O.CC(C)N1CCCCS1(=O)=O.CC(C)N1CCCCS1(=O)=O.CC(C)N1CCCS1(=O)=O.CC(C)N1CCOC2(CC2)C1.CC(C)N1CCOCC1.CC(C)N1CCOS1(=O)=O. The molecule has 1 unspecified atom stereocenters. The molecule has 0 amide bonds. The number of rotatable bonds is 9.